The Hall–Kier alpha value is -1.11. The van der Waals surface area contributed by atoms with Crippen LogP contribution in [0.4, 0.5) is 0 Å². The molecule has 1 nitrogen and oxygen atoms in total. The zero-order valence-corrected chi connectivity index (χ0v) is 9.82. The number of hydrogen-bond acceptors (Lipinski definition) is 1. The fraction of sp³-hybridized carbons (Fsp3) is 0.533. The molecule has 0 bridgehead atoms. The van der Waals surface area contributed by atoms with Gasteiger partial charge in [-0.05, 0) is 24.8 Å². The molecule has 0 aromatic heterocycles. The molecule has 86 valence electrons. The van der Waals surface area contributed by atoms with Crippen molar-refractivity contribution in [2.75, 3.05) is 0 Å². The lowest BCUT2D eigenvalue weighted by atomic mass is 9.86. The molecule has 0 spiro atoms. The number of ketones is 1. The molecule has 0 saturated heterocycles. The molecule has 1 aliphatic carbocycles. The first-order valence-corrected chi connectivity index (χ1v) is 6.43. The van der Waals surface area contributed by atoms with Crippen molar-refractivity contribution >= 4 is 5.78 Å². The molecular formula is C15H20O. The van der Waals surface area contributed by atoms with E-state index in [1.807, 2.05) is 6.07 Å². The fourth-order valence-electron chi connectivity index (χ4n) is 2.52. The molecule has 0 N–H and O–H groups in total. The van der Waals surface area contributed by atoms with Crippen LogP contribution in [0.1, 0.15) is 44.1 Å². The summed E-state index contributed by atoms with van der Waals surface area (Å²) in [7, 11) is 0. The lowest BCUT2D eigenvalue weighted by molar-refractivity contribution is -0.123. The van der Waals surface area contributed by atoms with Crippen molar-refractivity contribution in [3.63, 3.8) is 0 Å². The van der Waals surface area contributed by atoms with E-state index in [1.54, 1.807) is 0 Å². The maximum absolute atomic E-state index is 12.0. The highest BCUT2D eigenvalue weighted by molar-refractivity contribution is 5.81. The van der Waals surface area contributed by atoms with Gasteiger partial charge in [-0.25, -0.2) is 0 Å². The van der Waals surface area contributed by atoms with E-state index in [9.17, 15) is 4.79 Å². The molecule has 1 fully saturated rings. The van der Waals surface area contributed by atoms with Crippen LogP contribution in [-0.2, 0) is 11.2 Å². The SMILES string of the molecule is O=C1CCCCCC[C@@H]1Cc1ccccc1. The standard InChI is InChI=1S/C15H20O/c16-15-11-7-2-1-6-10-14(15)12-13-8-4-3-5-9-13/h3-5,8-9,14H,1-2,6-7,10-12H2/t14-/m1/s1. The molecule has 1 atom stereocenters. The predicted octanol–water partition coefficient (Wildman–Crippen LogP) is 3.77. The van der Waals surface area contributed by atoms with Crippen LogP contribution in [0.5, 0.6) is 0 Å². The van der Waals surface area contributed by atoms with Crippen LogP contribution in [0.2, 0.25) is 0 Å². The third kappa shape index (κ3) is 3.19. The second-order valence-electron chi connectivity index (χ2n) is 4.81. The molecule has 1 heteroatoms. The van der Waals surface area contributed by atoms with Crippen LogP contribution in [-0.4, -0.2) is 5.78 Å². The average molecular weight is 216 g/mol. The van der Waals surface area contributed by atoms with Gasteiger partial charge in [0, 0.05) is 12.3 Å². The van der Waals surface area contributed by atoms with Crippen molar-refractivity contribution in [3.05, 3.63) is 35.9 Å². The van der Waals surface area contributed by atoms with E-state index >= 15 is 0 Å². The Morgan fingerprint density at radius 1 is 1.00 bits per heavy atom. The van der Waals surface area contributed by atoms with E-state index in [4.69, 9.17) is 0 Å². The molecule has 0 radical (unpaired) electrons. The molecule has 1 aromatic rings. The van der Waals surface area contributed by atoms with Gasteiger partial charge in [0.2, 0.25) is 0 Å². The monoisotopic (exact) mass is 216 g/mol. The summed E-state index contributed by atoms with van der Waals surface area (Å²) in [5, 5.41) is 0. The predicted molar refractivity (Wildman–Crippen MR) is 66.3 cm³/mol. The van der Waals surface area contributed by atoms with Crippen molar-refractivity contribution in [2.24, 2.45) is 5.92 Å². The minimum absolute atomic E-state index is 0.280. The maximum Gasteiger partial charge on any atom is 0.136 e. The topological polar surface area (TPSA) is 17.1 Å². The highest BCUT2D eigenvalue weighted by atomic mass is 16.1. The van der Waals surface area contributed by atoms with Gasteiger partial charge >= 0.3 is 0 Å². The van der Waals surface area contributed by atoms with Crippen LogP contribution in [0.25, 0.3) is 0 Å². The Balaban J connectivity index is 1.98. The lowest BCUT2D eigenvalue weighted by Gasteiger charge is -2.18. The van der Waals surface area contributed by atoms with Crippen LogP contribution in [0, 0.1) is 5.92 Å². The van der Waals surface area contributed by atoms with Gasteiger partial charge in [0.15, 0.2) is 0 Å². The second kappa shape index (κ2) is 5.83. The number of hydrogen-bond donors (Lipinski definition) is 0. The van der Waals surface area contributed by atoms with Gasteiger partial charge in [-0.2, -0.15) is 0 Å². The molecule has 16 heavy (non-hydrogen) atoms. The summed E-state index contributed by atoms with van der Waals surface area (Å²) in [6, 6.07) is 10.4. The van der Waals surface area contributed by atoms with Crippen LogP contribution in [0.15, 0.2) is 30.3 Å². The number of benzene rings is 1. The van der Waals surface area contributed by atoms with Gasteiger partial charge in [0.05, 0.1) is 0 Å². The Bertz CT molecular complexity index is 329. The van der Waals surface area contributed by atoms with Gasteiger partial charge in [-0.15, -0.1) is 0 Å². The van der Waals surface area contributed by atoms with Crippen molar-refractivity contribution in [3.8, 4) is 0 Å². The number of rotatable bonds is 2. The second-order valence-corrected chi connectivity index (χ2v) is 4.81. The Labute approximate surface area is 97.9 Å². The lowest BCUT2D eigenvalue weighted by Crippen LogP contribution is -2.18. The summed E-state index contributed by atoms with van der Waals surface area (Å²) in [6.45, 7) is 0. The van der Waals surface area contributed by atoms with Gasteiger partial charge in [0.1, 0.15) is 5.78 Å². The maximum atomic E-state index is 12.0. The van der Waals surface area contributed by atoms with Gasteiger partial charge in [0.25, 0.3) is 0 Å². The number of carbonyl (C=O) groups excluding carboxylic acids is 1. The largest absolute Gasteiger partial charge is 0.299 e. The average Bonchev–Trinajstić information content (AvgIpc) is 2.30. The van der Waals surface area contributed by atoms with E-state index in [2.05, 4.69) is 24.3 Å². The Morgan fingerprint density at radius 2 is 1.75 bits per heavy atom. The summed E-state index contributed by atoms with van der Waals surface area (Å²) in [6.07, 6.45) is 7.71. The minimum atomic E-state index is 0.280. The van der Waals surface area contributed by atoms with E-state index < -0.39 is 0 Å². The molecule has 1 aromatic carbocycles. The number of carbonyl (C=O) groups is 1. The first-order valence-electron chi connectivity index (χ1n) is 6.43. The van der Waals surface area contributed by atoms with Gasteiger partial charge < -0.3 is 0 Å². The van der Waals surface area contributed by atoms with Crippen LogP contribution >= 0.6 is 0 Å². The molecule has 0 amide bonds. The Morgan fingerprint density at radius 3 is 2.56 bits per heavy atom. The summed E-state index contributed by atoms with van der Waals surface area (Å²) < 4.78 is 0. The third-order valence-corrected chi connectivity index (χ3v) is 3.51. The highest BCUT2D eigenvalue weighted by Crippen LogP contribution is 2.22. The summed E-state index contributed by atoms with van der Waals surface area (Å²) in [5.74, 6) is 0.770. The van der Waals surface area contributed by atoms with Crippen molar-refractivity contribution in [2.45, 2.75) is 44.9 Å². The van der Waals surface area contributed by atoms with Gasteiger partial charge in [-0.1, -0.05) is 49.6 Å². The molecule has 0 heterocycles. The summed E-state index contributed by atoms with van der Waals surface area (Å²) >= 11 is 0. The van der Waals surface area contributed by atoms with Crippen LogP contribution in [0.3, 0.4) is 0 Å². The highest BCUT2D eigenvalue weighted by Gasteiger charge is 2.19. The van der Waals surface area contributed by atoms with Crippen molar-refractivity contribution in [1.29, 1.82) is 0 Å². The summed E-state index contributed by atoms with van der Waals surface area (Å²) in [4.78, 5) is 12.0. The van der Waals surface area contributed by atoms with E-state index in [0.29, 0.717) is 5.78 Å². The molecule has 2 rings (SSSR count). The normalized spacial score (nSPS) is 22.5. The molecule has 1 saturated carbocycles. The van der Waals surface area contributed by atoms with Crippen LogP contribution < -0.4 is 0 Å². The van der Waals surface area contributed by atoms with Crippen molar-refractivity contribution < 1.29 is 4.79 Å². The number of Topliss-reactive ketones (excluding diaryl/α,β-unsaturated/α-hetero) is 1. The first-order chi connectivity index (χ1) is 7.86. The minimum Gasteiger partial charge on any atom is -0.299 e. The summed E-state index contributed by atoms with van der Waals surface area (Å²) in [5.41, 5.74) is 1.31. The van der Waals surface area contributed by atoms with Gasteiger partial charge in [-0.3, -0.25) is 4.79 Å². The zero-order valence-electron chi connectivity index (χ0n) is 9.82. The molecule has 1 aliphatic rings. The Kier molecular flexibility index (Phi) is 4.15. The van der Waals surface area contributed by atoms with Crippen molar-refractivity contribution in [1.82, 2.24) is 0 Å². The molecular weight excluding hydrogens is 196 g/mol. The molecule has 0 aliphatic heterocycles. The quantitative estimate of drug-likeness (QED) is 0.735. The third-order valence-electron chi connectivity index (χ3n) is 3.51. The zero-order chi connectivity index (χ0) is 11.2. The van der Waals surface area contributed by atoms with E-state index in [1.165, 1.54) is 24.8 Å². The van der Waals surface area contributed by atoms with E-state index in [0.717, 1.165) is 25.7 Å². The molecule has 0 unspecified atom stereocenters. The van der Waals surface area contributed by atoms with E-state index in [-0.39, 0.29) is 5.92 Å². The fourth-order valence-corrected chi connectivity index (χ4v) is 2.52. The first kappa shape index (κ1) is 11.4. The smallest absolute Gasteiger partial charge is 0.136 e.